The van der Waals surface area contributed by atoms with E-state index in [4.69, 9.17) is 30.5 Å². The average Bonchev–Trinajstić information content (AvgIpc) is 2.73. The molecule has 0 radical (unpaired) electrons. The van der Waals surface area contributed by atoms with Crippen LogP contribution in [0.2, 0.25) is 5.02 Å². The SMILES string of the molecule is CC(C)(C)OC(=O)N(C(=O)OC(C)(C)C)C(=O)c1c(F)c(F)c(C(=O)N(C(=O)OC(C)(C)C)C(=O)OC(C)(C)C)c(Cl)c1F. The molecule has 16 heteroatoms. The van der Waals surface area contributed by atoms with Crippen molar-refractivity contribution in [3.05, 3.63) is 33.6 Å². The Labute approximate surface area is 257 Å². The second kappa shape index (κ2) is 13.0. The first-order valence-corrected chi connectivity index (χ1v) is 13.3. The predicted molar refractivity (Wildman–Crippen MR) is 149 cm³/mol. The zero-order chi connectivity index (χ0) is 34.9. The number of benzene rings is 1. The summed E-state index contributed by atoms with van der Waals surface area (Å²) < 4.78 is 66.5. The van der Waals surface area contributed by atoms with Gasteiger partial charge in [0.15, 0.2) is 17.5 Å². The van der Waals surface area contributed by atoms with Crippen LogP contribution < -0.4 is 0 Å². The fraction of sp³-hybridized carbons (Fsp3) is 0.571. The highest BCUT2D eigenvalue weighted by Crippen LogP contribution is 2.33. The first-order chi connectivity index (χ1) is 19.5. The monoisotopic (exact) mass is 652 g/mol. The van der Waals surface area contributed by atoms with E-state index < -0.39 is 97.1 Å². The third kappa shape index (κ3) is 10.1. The zero-order valence-corrected chi connectivity index (χ0v) is 27.2. The van der Waals surface area contributed by atoms with E-state index in [2.05, 4.69) is 0 Å². The first-order valence-electron chi connectivity index (χ1n) is 13.0. The van der Waals surface area contributed by atoms with Gasteiger partial charge in [0.25, 0.3) is 11.8 Å². The van der Waals surface area contributed by atoms with E-state index in [0.717, 1.165) is 0 Å². The van der Waals surface area contributed by atoms with Gasteiger partial charge in [0, 0.05) is 0 Å². The molecule has 6 amide bonds. The normalized spacial score (nSPS) is 12.2. The van der Waals surface area contributed by atoms with Crippen molar-refractivity contribution in [2.45, 2.75) is 105 Å². The molecule has 0 atom stereocenters. The lowest BCUT2D eigenvalue weighted by molar-refractivity contribution is 0.000626. The molecule has 0 aliphatic rings. The van der Waals surface area contributed by atoms with Crippen LogP contribution in [0.4, 0.5) is 32.3 Å². The summed E-state index contributed by atoms with van der Waals surface area (Å²) in [7, 11) is 0. The number of amides is 6. The Kier molecular flexibility index (Phi) is 11.3. The summed E-state index contributed by atoms with van der Waals surface area (Å²) in [5, 5.41) is -1.59. The number of rotatable bonds is 2. The van der Waals surface area contributed by atoms with Gasteiger partial charge in [0.1, 0.15) is 33.5 Å². The Balaban J connectivity index is 3.90. The van der Waals surface area contributed by atoms with Gasteiger partial charge in [0.05, 0.1) is 5.02 Å². The van der Waals surface area contributed by atoms with Crippen LogP contribution in [-0.4, -0.2) is 68.4 Å². The molecule has 246 valence electrons. The molecule has 0 heterocycles. The van der Waals surface area contributed by atoms with Gasteiger partial charge in [-0.1, -0.05) is 11.6 Å². The molecule has 1 rings (SSSR count). The summed E-state index contributed by atoms with van der Waals surface area (Å²) in [6, 6.07) is 0. The summed E-state index contributed by atoms with van der Waals surface area (Å²) >= 11 is 5.87. The molecule has 1 aromatic carbocycles. The van der Waals surface area contributed by atoms with Crippen LogP contribution in [0, 0.1) is 17.5 Å². The second-order valence-electron chi connectivity index (χ2n) is 13.2. The fourth-order valence-corrected chi connectivity index (χ4v) is 3.20. The number of imide groups is 6. The maximum atomic E-state index is 15.6. The molecule has 0 saturated heterocycles. The Hall–Kier alpha value is -3.88. The quantitative estimate of drug-likeness (QED) is 0.234. The Bertz CT molecular complexity index is 1180. The van der Waals surface area contributed by atoms with Crippen LogP contribution in [0.5, 0.6) is 0 Å². The van der Waals surface area contributed by atoms with E-state index in [0.29, 0.717) is 0 Å². The molecule has 0 aliphatic carbocycles. The van der Waals surface area contributed by atoms with E-state index in [9.17, 15) is 28.8 Å². The number of hydrogen-bond donors (Lipinski definition) is 0. The minimum atomic E-state index is -2.41. The largest absolute Gasteiger partial charge is 0.443 e. The number of carbonyl (C=O) groups is 6. The van der Waals surface area contributed by atoms with Gasteiger partial charge >= 0.3 is 24.4 Å². The van der Waals surface area contributed by atoms with E-state index in [1.54, 1.807) is 0 Å². The van der Waals surface area contributed by atoms with Gasteiger partial charge in [-0.25, -0.2) is 32.3 Å². The van der Waals surface area contributed by atoms with Crippen molar-refractivity contribution >= 4 is 47.8 Å². The molecule has 0 unspecified atom stereocenters. The molecule has 0 saturated carbocycles. The second-order valence-corrected chi connectivity index (χ2v) is 13.6. The molecule has 0 N–H and O–H groups in total. The van der Waals surface area contributed by atoms with Crippen LogP contribution in [0.3, 0.4) is 0 Å². The molecular formula is C28H36ClF3N2O10. The first kappa shape index (κ1) is 38.1. The average molecular weight is 653 g/mol. The lowest BCUT2D eigenvalue weighted by Gasteiger charge is -2.28. The van der Waals surface area contributed by atoms with Crippen LogP contribution in [-0.2, 0) is 18.9 Å². The van der Waals surface area contributed by atoms with Crippen molar-refractivity contribution in [2.24, 2.45) is 0 Å². The van der Waals surface area contributed by atoms with Crippen LogP contribution in [0.15, 0.2) is 0 Å². The molecule has 1 aromatic rings. The predicted octanol–water partition coefficient (Wildman–Crippen LogP) is 7.38. The van der Waals surface area contributed by atoms with Crippen molar-refractivity contribution in [1.82, 2.24) is 9.80 Å². The molecule has 0 aromatic heterocycles. The van der Waals surface area contributed by atoms with E-state index in [-0.39, 0.29) is 4.90 Å². The van der Waals surface area contributed by atoms with Crippen molar-refractivity contribution < 1.29 is 60.9 Å². The number of halogens is 4. The number of ether oxygens (including phenoxy) is 4. The summed E-state index contributed by atoms with van der Waals surface area (Å²) in [5.41, 5.74) is -8.92. The summed E-state index contributed by atoms with van der Waals surface area (Å²) in [6.45, 7) is 16.2. The maximum absolute atomic E-state index is 15.6. The zero-order valence-electron chi connectivity index (χ0n) is 26.5. The van der Waals surface area contributed by atoms with Crippen molar-refractivity contribution in [2.75, 3.05) is 0 Å². The molecule has 0 fully saturated rings. The van der Waals surface area contributed by atoms with Crippen LogP contribution in [0.25, 0.3) is 0 Å². The molecule has 44 heavy (non-hydrogen) atoms. The van der Waals surface area contributed by atoms with Crippen molar-refractivity contribution in [1.29, 1.82) is 0 Å². The summed E-state index contributed by atoms with van der Waals surface area (Å²) in [5.74, 6) is -11.0. The van der Waals surface area contributed by atoms with Gasteiger partial charge in [-0.05, 0) is 83.1 Å². The van der Waals surface area contributed by atoms with Crippen molar-refractivity contribution in [3.8, 4) is 0 Å². The third-order valence-electron chi connectivity index (χ3n) is 4.40. The highest BCUT2D eigenvalue weighted by atomic mass is 35.5. The van der Waals surface area contributed by atoms with Gasteiger partial charge in [-0.15, -0.1) is 9.80 Å². The van der Waals surface area contributed by atoms with Gasteiger partial charge in [-0.2, -0.15) is 0 Å². The highest BCUT2D eigenvalue weighted by Gasteiger charge is 2.44. The van der Waals surface area contributed by atoms with Crippen molar-refractivity contribution in [3.63, 3.8) is 0 Å². The summed E-state index contributed by atoms with van der Waals surface area (Å²) in [6.07, 6.45) is -6.91. The fourth-order valence-electron chi connectivity index (χ4n) is 2.94. The van der Waals surface area contributed by atoms with E-state index in [1.165, 1.54) is 83.1 Å². The third-order valence-corrected chi connectivity index (χ3v) is 4.76. The smallest absolute Gasteiger partial charge is 0.427 e. The minimum Gasteiger partial charge on any atom is -0.443 e. The standard InChI is InChI=1S/C28H36ClF3N2O10/c1-25(2,3)41-21(37)33(22(38)42-26(4,5)6)19(35)13-15(29)16(30)14(18(32)17(13)31)20(36)34(23(39)43-27(7,8)9)24(40)44-28(10,11)12/h1-12H3. The molecule has 0 aliphatic heterocycles. The van der Waals surface area contributed by atoms with Crippen LogP contribution in [0.1, 0.15) is 104 Å². The lowest BCUT2D eigenvalue weighted by atomic mass is 10.1. The Morgan fingerprint density at radius 2 is 0.705 bits per heavy atom. The van der Waals surface area contributed by atoms with Gasteiger partial charge < -0.3 is 18.9 Å². The minimum absolute atomic E-state index is 0.380. The van der Waals surface area contributed by atoms with Crippen LogP contribution >= 0.6 is 11.6 Å². The molecular weight excluding hydrogens is 617 g/mol. The Morgan fingerprint density at radius 1 is 0.477 bits per heavy atom. The van der Waals surface area contributed by atoms with E-state index >= 15 is 13.2 Å². The number of hydrogen-bond acceptors (Lipinski definition) is 10. The molecule has 12 nitrogen and oxygen atoms in total. The maximum Gasteiger partial charge on any atom is 0.427 e. The number of carbonyl (C=O) groups excluding carboxylic acids is 6. The van der Waals surface area contributed by atoms with Gasteiger partial charge in [-0.3, -0.25) is 9.59 Å². The number of nitrogens with zero attached hydrogens (tertiary/aromatic N) is 2. The lowest BCUT2D eigenvalue weighted by Crippen LogP contribution is -2.48. The van der Waals surface area contributed by atoms with E-state index in [1.807, 2.05) is 0 Å². The Morgan fingerprint density at radius 3 is 0.955 bits per heavy atom. The van der Waals surface area contributed by atoms with Gasteiger partial charge in [0.2, 0.25) is 0 Å². The topological polar surface area (TPSA) is 146 Å². The summed E-state index contributed by atoms with van der Waals surface area (Å²) in [4.78, 5) is 76.9. The molecule has 0 bridgehead atoms. The highest BCUT2D eigenvalue weighted by molar-refractivity contribution is 6.35. The molecule has 0 spiro atoms.